The maximum atomic E-state index is 13.2. The van der Waals surface area contributed by atoms with Crippen LogP contribution < -0.4 is 5.32 Å². The van der Waals surface area contributed by atoms with Gasteiger partial charge in [0.2, 0.25) is 0 Å². The van der Waals surface area contributed by atoms with Crippen LogP contribution in [0.3, 0.4) is 0 Å². The van der Waals surface area contributed by atoms with Gasteiger partial charge in [0.25, 0.3) is 5.91 Å². The zero-order valence-electron chi connectivity index (χ0n) is 19.2. The SMILES string of the molecule is Cc1c(Cl)cccc1C(=O)NCc1cccc(C2(C#N)CCN(Cc3ccc(F)cc3)CC2)c1. The van der Waals surface area contributed by atoms with E-state index in [0.29, 0.717) is 17.1 Å². The predicted molar refractivity (Wildman–Crippen MR) is 132 cm³/mol. The molecule has 0 aromatic heterocycles. The number of halogens is 2. The first-order chi connectivity index (χ1) is 16.4. The molecule has 6 heteroatoms. The Bertz CT molecular complexity index is 1210. The summed E-state index contributed by atoms with van der Waals surface area (Å²) in [5.74, 6) is -0.404. The Morgan fingerprint density at radius 2 is 1.79 bits per heavy atom. The standard InChI is InChI=1S/C28H27ClFN3O/c1-20-25(6-3-7-26(20)29)27(34)32-17-22-4-2-5-23(16-22)28(19-31)12-14-33(15-13-28)18-21-8-10-24(30)11-9-21/h2-11,16H,12-15,17-18H2,1H3,(H,32,34). The summed E-state index contributed by atoms with van der Waals surface area (Å²) in [5.41, 5.74) is 3.77. The summed E-state index contributed by atoms with van der Waals surface area (Å²) in [6.45, 7) is 4.53. The molecule has 1 aliphatic rings. The number of amides is 1. The van der Waals surface area contributed by atoms with Crippen molar-refractivity contribution in [2.75, 3.05) is 13.1 Å². The van der Waals surface area contributed by atoms with Crippen LogP contribution in [-0.4, -0.2) is 23.9 Å². The van der Waals surface area contributed by atoms with Crippen molar-refractivity contribution < 1.29 is 9.18 Å². The topological polar surface area (TPSA) is 56.1 Å². The van der Waals surface area contributed by atoms with Gasteiger partial charge in [0.05, 0.1) is 11.5 Å². The Balaban J connectivity index is 1.41. The largest absolute Gasteiger partial charge is 0.348 e. The maximum Gasteiger partial charge on any atom is 0.251 e. The summed E-state index contributed by atoms with van der Waals surface area (Å²) >= 11 is 6.15. The van der Waals surface area contributed by atoms with E-state index < -0.39 is 5.41 Å². The zero-order valence-corrected chi connectivity index (χ0v) is 19.9. The first-order valence-electron chi connectivity index (χ1n) is 11.4. The summed E-state index contributed by atoms with van der Waals surface area (Å²) in [5, 5.41) is 13.7. The van der Waals surface area contributed by atoms with Gasteiger partial charge in [0.15, 0.2) is 0 Å². The number of carbonyl (C=O) groups excluding carboxylic acids is 1. The van der Waals surface area contributed by atoms with E-state index in [1.807, 2.05) is 43.3 Å². The third kappa shape index (κ3) is 5.30. The lowest BCUT2D eigenvalue weighted by molar-refractivity contribution is 0.0950. The summed E-state index contributed by atoms with van der Waals surface area (Å²) in [6, 6.07) is 22.4. The predicted octanol–water partition coefficient (Wildman–Crippen LogP) is 5.77. The van der Waals surface area contributed by atoms with E-state index in [0.717, 1.165) is 54.7 Å². The highest BCUT2D eigenvalue weighted by Crippen LogP contribution is 2.36. The zero-order chi connectivity index (χ0) is 24.1. The molecule has 1 saturated heterocycles. The van der Waals surface area contributed by atoms with Crippen LogP contribution in [0.25, 0.3) is 0 Å². The highest BCUT2D eigenvalue weighted by molar-refractivity contribution is 6.31. The molecule has 4 rings (SSSR count). The molecule has 0 radical (unpaired) electrons. The molecule has 1 aliphatic heterocycles. The van der Waals surface area contributed by atoms with Crippen LogP contribution in [0, 0.1) is 24.1 Å². The molecule has 1 N–H and O–H groups in total. The normalized spacial score (nSPS) is 15.5. The van der Waals surface area contributed by atoms with Crippen molar-refractivity contribution >= 4 is 17.5 Å². The second kappa shape index (κ2) is 10.4. The van der Waals surface area contributed by atoms with Gasteiger partial charge in [-0.15, -0.1) is 0 Å². The lowest BCUT2D eigenvalue weighted by atomic mass is 9.73. The lowest BCUT2D eigenvalue weighted by Gasteiger charge is -2.37. The molecule has 0 aliphatic carbocycles. The Labute approximate surface area is 205 Å². The number of piperidine rings is 1. The van der Waals surface area contributed by atoms with E-state index in [1.165, 1.54) is 12.1 Å². The van der Waals surface area contributed by atoms with Crippen LogP contribution in [0.2, 0.25) is 5.02 Å². The first-order valence-corrected chi connectivity index (χ1v) is 11.8. The van der Waals surface area contributed by atoms with Gasteiger partial charge in [0, 0.05) is 36.8 Å². The van der Waals surface area contributed by atoms with Gasteiger partial charge in [-0.2, -0.15) is 5.26 Å². The molecule has 0 unspecified atom stereocenters. The fraction of sp³-hybridized carbons (Fsp3) is 0.286. The number of hydrogen-bond donors (Lipinski definition) is 1. The molecule has 0 atom stereocenters. The summed E-state index contributed by atoms with van der Waals surface area (Å²) in [6.07, 6.45) is 1.45. The van der Waals surface area contributed by atoms with Crippen molar-refractivity contribution in [3.8, 4) is 6.07 Å². The van der Waals surface area contributed by atoms with Crippen LogP contribution in [0.4, 0.5) is 4.39 Å². The monoisotopic (exact) mass is 475 g/mol. The highest BCUT2D eigenvalue weighted by Gasteiger charge is 2.36. The number of hydrogen-bond acceptors (Lipinski definition) is 3. The molecule has 0 saturated carbocycles. The van der Waals surface area contributed by atoms with Crippen LogP contribution in [0.15, 0.2) is 66.7 Å². The van der Waals surface area contributed by atoms with Gasteiger partial charge in [-0.1, -0.05) is 54.1 Å². The van der Waals surface area contributed by atoms with Gasteiger partial charge in [-0.25, -0.2) is 4.39 Å². The number of nitriles is 1. The number of benzene rings is 3. The molecule has 174 valence electrons. The van der Waals surface area contributed by atoms with Crippen LogP contribution in [0.5, 0.6) is 0 Å². The minimum Gasteiger partial charge on any atom is -0.348 e. The van der Waals surface area contributed by atoms with Gasteiger partial charge in [0.1, 0.15) is 5.82 Å². The van der Waals surface area contributed by atoms with Gasteiger partial charge >= 0.3 is 0 Å². The molecule has 1 fully saturated rings. The van der Waals surface area contributed by atoms with Crippen molar-refractivity contribution in [2.24, 2.45) is 0 Å². The Morgan fingerprint density at radius 1 is 1.09 bits per heavy atom. The Kier molecular flexibility index (Phi) is 7.31. The fourth-order valence-corrected chi connectivity index (χ4v) is 4.69. The third-order valence-corrected chi connectivity index (χ3v) is 7.10. The van der Waals surface area contributed by atoms with Crippen LogP contribution in [0.1, 0.15) is 45.5 Å². The van der Waals surface area contributed by atoms with E-state index in [4.69, 9.17) is 11.6 Å². The molecule has 3 aromatic rings. The highest BCUT2D eigenvalue weighted by atomic mass is 35.5. The maximum absolute atomic E-state index is 13.2. The summed E-state index contributed by atoms with van der Waals surface area (Å²) < 4.78 is 13.2. The van der Waals surface area contributed by atoms with E-state index in [2.05, 4.69) is 16.3 Å². The lowest BCUT2D eigenvalue weighted by Crippen LogP contribution is -2.41. The number of carbonyl (C=O) groups is 1. The average Bonchev–Trinajstić information content (AvgIpc) is 2.86. The number of nitrogens with zero attached hydrogens (tertiary/aromatic N) is 2. The Morgan fingerprint density at radius 3 is 2.50 bits per heavy atom. The third-order valence-electron chi connectivity index (χ3n) is 6.69. The molecular weight excluding hydrogens is 449 g/mol. The van der Waals surface area contributed by atoms with E-state index >= 15 is 0 Å². The Hall–Kier alpha value is -3.20. The van der Waals surface area contributed by atoms with Crippen molar-refractivity contribution in [2.45, 2.75) is 38.3 Å². The molecule has 3 aromatic carbocycles. The molecule has 4 nitrogen and oxygen atoms in total. The number of rotatable bonds is 6. The van der Waals surface area contributed by atoms with Crippen molar-refractivity contribution in [1.29, 1.82) is 5.26 Å². The van der Waals surface area contributed by atoms with Crippen LogP contribution >= 0.6 is 11.6 Å². The molecule has 1 heterocycles. The van der Waals surface area contributed by atoms with E-state index in [9.17, 15) is 14.4 Å². The van der Waals surface area contributed by atoms with E-state index in [-0.39, 0.29) is 11.7 Å². The van der Waals surface area contributed by atoms with E-state index in [1.54, 1.807) is 18.2 Å². The quantitative estimate of drug-likeness (QED) is 0.492. The van der Waals surface area contributed by atoms with Crippen molar-refractivity contribution in [3.63, 3.8) is 0 Å². The van der Waals surface area contributed by atoms with Crippen molar-refractivity contribution in [1.82, 2.24) is 10.2 Å². The first kappa shape index (κ1) is 23.9. The van der Waals surface area contributed by atoms with Gasteiger partial charge in [-0.05, 0) is 66.3 Å². The minimum atomic E-state index is -0.553. The average molecular weight is 476 g/mol. The molecule has 34 heavy (non-hydrogen) atoms. The molecule has 1 amide bonds. The summed E-state index contributed by atoms with van der Waals surface area (Å²) in [7, 11) is 0. The van der Waals surface area contributed by atoms with Gasteiger partial charge in [-0.3, -0.25) is 9.69 Å². The second-order valence-electron chi connectivity index (χ2n) is 8.89. The second-order valence-corrected chi connectivity index (χ2v) is 9.30. The number of nitrogens with one attached hydrogen (secondary N) is 1. The van der Waals surface area contributed by atoms with Crippen LogP contribution in [-0.2, 0) is 18.5 Å². The molecular formula is C28H27ClFN3O. The molecule has 0 spiro atoms. The van der Waals surface area contributed by atoms with Gasteiger partial charge < -0.3 is 5.32 Å². The number of likely N-dealkylation sites (tertiary alicyclic amines) is 1. The smallest absolute Gasteiger partial charge is 0.251 e. The minimum absolute atomic E-state index is 0.172. The summed E-state index contributed by atoms with van der Waals surface area (Å²) in [4.78, 5) is 15.0. The van der Waals surface area contributed by atoms with Crippen molar-refractivity contribution in [3.05, 3.63) is 105 Å². The fourth-order valence-electron chi connectivity index (χ4n) is 4.52. The molecule has 0 bridgehead atoms.